The normalized spacial score (nSPS) is 12.5. The van der Waals surface area contributed by atoms with Gasteiger partial charge < -0.3 is 18.9 Å². The van der Waals surface area contributed by atoms with E-state index in [-0.39, 0.29) is 45.7 Å². The van der Waals surface area contributed by atoms with Gasteiger partial charge in [0.25, 0.3) is 0 Å². The van der Waals surface area contributed by atoms with Gasteiger partial charge in [0.1, 0.15) is 0 Å². The minimum Gasteiger partial charge on any atom is -0.799 e. The maximum Gasteiger partial charge on any atom is 2.00 e. The Bertz CT molecular complexity index is 272. The molecule has 0 atom stereocenters. The summed E-state index contributed by atoms with van der Waals surface area (Å²) in [6.07, 6.45) is 0. The topological polar surface area (TPSA) is 80.3 Å². The molecule has 0 spiro atoms. The fourth-order valence-electron chi connectivity index (χ4n) is 1.19. The summed E-state index contributed by atoms with van der Waals surface area (Å²) in [4.78, 5) is 22.1. The van der Waals surface area contributed by atoms with Crippen LogP contribution in [0.2, 0.25) is 0 Å². The minimum atomic E-state index is -3.09. The second-order valence-corrected chi connectivity index (χ2v) is 12.4. The first-order valence-corrected chi connectivity index (χ1v) is 9.91. The first-order chi connectivity index (χ1) is 7.77. The predicted molar refractivity (Wildman–Crippen MR) is 81.5 cm³/mol. The van der Waals surface area contributed by atoms with Crippen LogP contribution in [0.25, 0.3) is 0 Å². The van der Waals surface area contributed by atoms with Crippen molar-refractivity contribution in [1.82, 2.24) is 0 Å². The second-order valence-electron chi connectivity index (χ2n) is 5.67. The SMILES string of the molecule is CC(C)P(=O)([O-])C(C)C.CC(C)P(=O)([O-])C(C)C.[Mg+2]. The molecule has 0 aliphatic heterocycles. The first kappa shape index (κ1) is 25.1. The van der Waals surface area contributed by atoms with Gasteiger partial charge in [-0.1, -0.05) is 55.4 Å². The van der Waals surface area contributed by atoms with Crippen molar-refractivity contribution in [3.63, 3.8) is 0 Å². The van der Waals surface area contributed by atoms with Crippen LogP contribution >= 0.6 is 14.7 Å². The van der Waals surface area contributed by atoms with Crippen molar-refractivity contribution < 1.29 is 18.9 Å². The maximum absolute atomic E-state index is 11.1. The summed E-state index contributed by atoms with van der Waals surface area (Å²) < 4.78 is 22.1. The zero-order chi connectivity index (χ0) is 15.3. The minimum absolute atomic E-state index is 0. The van der Waals surface area contributed by atoms with Gasteiger partial charge >= 0.3 is 23.1 Å². The average molecular weight is 323 g/mol. The van der Waals surface area contributed by atoms with Crippen molar-refractivity contribution in [3.8, 4) is 0 Å². The van der Waals surface area contributed by atoms with Gasteiger partial charge in [-0.05, 0) is 22.6 Å². The molecular weight excluding hydrogens is 294 g/mol. The van der Waals surface area contributed by atoms with Crippen molar-refractivity contribution in [2.45, 2.75) is 78.0 Å². The van der Waals surface area contributed by atoms with E-state index in [1.807, 2.05) is 0 Å². The second kappa shape index (κ2) is 9.97. The summed E-state index contributed by atoms with van der Waals surface area (Å²) in [6, 6.07) is 0. The monoisotopic (exact) mass is 322 g/mol. The van der Waals surface area contributed by atoms with E-state index in [1.54, 1.807) is 55.4 Å². The van der Waals surface area contributed by atoms with Crippen LogP contribution in [0.5, 0.6) is 0 Å². The standard InChI is InChI=1S/2C6H15O2P.Mg/c2*1-5(2)9(7,8)6(3)4;/h2*5-6H,1-4H3,(H,7,8);/q;;+2/p-2. The van der Waals surface area contributed by atoms with Gasteiger partial charge in [-0.15, -0.1) is 0 Å². The summed E-state index contributed by atoms with van der Waals surface area (Å²) in [7, 11) is -6.17. The fraction of sp³-hybridized carbons (Fsp3) is 1.00. The summed E-state index contributed by atoms with van der Waals surface area (Å²) in [6.45, 7) is 13.7. The molecule has 0 aromatic rings. The van der Waals surface area contributed by atoms with Crippen LogP contribution in [0.4, 0.5) is 0 Å². The number of hydrogen-bond donors (Lipinski definition) is 0. The van der Waals surface area contributed by atoms with Crippen LogP contribution in [0.3, 0.4) is 0 Å². The van der Waals surface area contributed by atoms with E-state index in [2.05, 4.69) is 0 Å². The largest absolute Gasteiger partial charge is 2.00 e. The van der Waals surface area contributed by atoms with Crippen LogP contribution in [-0.2, 0) is 9.13 Å². The zero-order valence-electron chi connectivity index (χ0n) is 13.5. The van der Waals surface area contributed by atoms with Crippen molar-refractivity contribution in [1.29, 1.82) is 0 Å². The molecule has 19 heavy (non-hydrogen) atoms. The van der Waals surface area contributed by atoms with Crippen molar-refractivity contribution >= 4 is 37.8 Å². The van der Waals surface area contributed by atoms with Gasteiger partial charge in [0, 0.05) is 14.7 Å². The van der Waals surface area contributed by atoms with Crippen LogP contribution in [0.15, 0.2) is 0 Å². The third kappa shape index (κ3) is 8.90. The van der Waals surface area contributed by atoms with Gasteiger partial charge in [0.2, 0.25) is 0 Å². The van der Waals surface area contributed by atoms with Crippen molar-refractivity contribution in [3.05, 3.63) is 0 Å². The van der Waals surface area contributed by atoms with E-state index in [0.29, 0.717) is 0 Å². The molecule has 112 valence electrons. The fourth-order valence-corrected chi connectivity index (χ4v) is 3.58. The Labute approximate surface area is 134 Å². The molecule has 0 bridgehead atoms. The zero-order valence-corrected chi connectivity index (χ0v) is 16.7. The molecule has 4 nitrogen and oxygen atoms in total. The van der Waals surface area contributed by atoms with Gasteiger partial charge in [-0.2, -0.15) is 0 Å². The van der Waals surface area contributed by atoms with Gasteiger partial charge in [-0.25, -0.2) is 0 Å². The van der Waals surface area contributed by atoms with E-state index in [9.17, 15) is 18.9 Å². The smallest absolute Gasteiger partial charge is 0.799 e. The molecular formula is C12H28MgO4P2. The molecule has 0 aromatic heterocycles. The van der Waals surface area contributed by atoms with Crippen molar-refractivity contribution in [2.75, 3.05) is 0 Å². The Kier molecular flexibility index (Phi) is 13.2. The molecule has 0 radical (unpaired) electrons. The Morgan fingerprint density at radius 1 is 0.579 bits per heavy atom. The number of hydrogen-bond acceptors (Lipinski definition) is 4. The Balaban J connectivity index is -0.000000256. The average Bonchev–Trinajstić information content (AvgIpc) is 2.17. The maximum atomic E-state index is 11.1. The van der Waals surface area contributed by atoms with E-state index in [1.165, 1.54) is 0 Å². The molecule has 0 aromatic carbocycles. The summed E-state index contributed by atoms with van der Waals surface area (Å²) in [5.41, 5.74) is -0.843. The molecule has 0 heterocycles. The Morgan fingerprint density at radius 3 is 0.684 bits per heavy atom. The van der Waals surface area contributed by atoms with E-state index < -0.39 is 14.7 Å². The predicted octanol–water partition coefficient (Wildman–Crippen LogP) is 2.50. The van der Waals surface area contributed by atoms with E-state index in [0.717, 1.165) is 0 Å². The van der Waals surface area contributed by atoms with Crippen LogP contribution < -0.4 is 9.79 Å². The molecule has 0 amide bonds. The van der Waals surface area contributed by atoms with Crippen LogP contribution in [-0.4, -0.2) is 45.7 Å². The number of rotatable bonds is 4. The molecule has 0 rings (SSSR count). The molecule has 0 N–H and O–H groups in total. The molecule has 0 saturated heterocycles. The summed E-state index contributed by atoms with van der Waals surface area (Å²) >= 11 is 0. The Hall–Kier alpha value is 1.15. The summed E-state index contributed by atoms with van der Waals surface area (Å²) in [5.74, 6) is 0. The molecule has 0 aliphatic carbocycles. The van der Waals surface area contributed by atoms with Gasteiger partial charge in [0.15, 0.2) is 0 Å². The van der Waals surface area contributed by atoms with E-state index in [4.69, 9.17) is 0 Å². The summed E-state index contributed by atoms with van der Waals surface area (Å²) in [5, 5.41) is 0. The van der Waals surface area contributed by atoms with E-state index >= 15 is 0 Å². The molecule has 0 unspecified atom stereocenters. The van der Waals surface area contributed by atoms with Gasteiger partial charge in [0.05, 0.1) is 0 Å². The van der Waals surface area contributed by atoms with Gasteiger partial charge in [-0.3, -0.25) is 0 Å². The van der Waals surface area contributed by atoms with Crippen molar-refractivity contribution in [2.24, 2.45) is 0 Å². The molecule has 0 aliphatic rings. The van der Waals surface area contributed by atoms with Crippen LogP contribution in [0, 0.1) is 0 Å². The molecule has 7 heteroatoms. The molecule has 0 fully saturated rings. The Morgan fingerprint density at radius 2 is 0.684 bits per heavy atom. The van der Waals surface area contributed by atoms with Crippen LogP contribution in [0.1, 0.15) is 55.4 Å². The molecule has 0 saturated carbocycles. The first-order valence-electron chi connectivity index (χ1n) is 6.38. The quantitative estimate of drug-likeness (QED) is 0.588. The third-order valence-corrected chi connectivity index (χ3v) is 8.64. The third-order valence-electron chi connectivity index (χ3n) is 2.88.